The summed E-state index contributed by atoms with van der Waals surface area (Å²) in [6.45, 7) is 9.48. The number of rotatable bonds is 0. The maximum absolute atomic E-state index is 6.33. The van der Waals surface area contributed by atoms with Crippen LogP contribution in [0.25, 0.3) is 0 Å². The normalized spacial score (nSPS) is 18.9. The number of aromatic nitrogens is 1. The van der Waals surface area contributed by atoms with Crippen molar-refractivity contribution < 1.29 is 9.47 Å². The van der Waals surface area contributed by atoms with Crippen LogP contribution >= 0.6 is 0 Å². The molecule has 3 heterocycles. The molecule has 1 aromatic heterocycles. The van der Waals surface area contributed by atoms with E-state index >= 15 is 0 Å². The van der Waals surface area contributed by atoms with Gasteiger partial charge in [0.15, 0.2) is 0 Å². The van der Waals surface area contributed by atoms with E-state index in [0.29, 0.717) is 5.88 Å². The zero-order valence-electron chi connectivity index (χ0n) is 16.7. The molecule has 4 heteroatoms. The molecule has 3 aliphatic rings. The van der Waals surface area contributed by atoms with Gasteiger partial charge in [-0.15, -0.1) is 0 Å². The Balaban J connectivity index is 1.67. The van der Waals surface area contributed by atoms with Gasteiger partial charge in [0, 0.05) is 11.7 Å². The van der Waals surface area contributed by atoms with E-state index in [4.69, 9.17) is 9.47 Å². The fraction of sp³-hybridized carbons (Fsp3) is 0.292. The molecule has 28 heavy (non-hydrogen) atoms. The monoisotopic (exact) mass is 367 g/mol. The van der Waals surface area contributed by atoms with Crippen LogP contribution in [0.1, 0.15) is 45.2 Å². The lowest BCUT2D eigenvalue weighted by Crippen LogP contribution is -2.57. The summed E-state index contributed by atoms with van der Waals surface area (Å²) in [5, 5.41) is 0. The molecule has 0 saturated carbocycles. The van der Waals surface area contributed by atoms with Crippen molar-refractivity contribution in [2.75, 3.05) is 0 Å². The summed E-state index contributed by atoms with van der Waals surface area (Å²) in [5.41, 5.74) is 6.58. The lowest BCUT2D eigenvalue weighted by molar-refractivity contribution is 0.402. The minimum absolute atomic E-state index is 0.0946. The standard InChI is InChI=1S/C24H22BNO2/c1-23(2)13-24(3,4)15-12-20-17(11-14(15)23)25-16-7-5-6-8-18(16)27-19-9-10-26-22(28-20)21(19)25/h5-12H,13H2,1-4H3. The number of pyridine rings is 1. The molecule has 0 N–H and O–H groups in total. The van der Waals surface area contributed by atoms with E-state index in [1.165, 1.54) is 22.1 Å². The average molecular weight is 367 g/mol. The van der Waals surface area contributed by atoms with Crippen LogP contribution in [0.5, 0.6) is 23.1 Å². The SMILES string of the molecule is CC1(C)CC(C)(C)c2cc3c(cc21)Oc1nccc2c1B3c1ccccc1O2. The summed E-state index contributed by atoms with van der Waals surface area (Å²) in [6.07, 6.45) is 2.91. The highest BCUT2D eigenvalue weighted by atomic mass is 16.5. The predicted molar refractivity (Wildman–Crippen MR) is 113 cm³/mol. The van der Waals surface area contributed by atoms with Gasteiger partial charge in [0.1, 0.15) is 17.2 Å². The molecule has 6 rings (SSSR count). The summed E-state index contributed by atoms with van der Waals surface area (Å²) >= 11 is 0. The van der Waals surface area contributed by atoms with Gasteiger partial charge in [-0.05, 0) is 57.5 Å². The van der Waals surface area contributed by atoms with E-state index in [-0.39, 0.29) is 17.5 Å². The van der Waals surface area contributed by atoms with E-state index in [1.807, 2.05) is 18.2 Å². The topological polar surface area (TPSA) is 31.4 Å². The third-order valence-electron chi connectivity index (χ3n) is 6.66. The summed E-state index contributed by atoms with van der Waals surface area (Å²) in [7, 11) is 0. The summed E-state index contributed by atoms with van der Waals surface area (Å²) in [6, 6.07) is 14.9. The largest absolute Gasteiger partial charge is 0.458 e. The van der Waals surface area contributed by atoms with E-state index in [1.54, 1.807) is 6.20 Å². The van der Waals surface area contributed by atoms with Crippen molar-refractivity contribution >= 4 is 23.1 Å². The number of nitrogens with zero attached hydrogens (tertiary/aromatic N) is 1. The third kappa shape index (κ3) is 1.98. The molecule has 0 radical (unpaired) electrons. The Labute approximate surface area is 165 Å². The van der Waals surface area contributed by atoms with Gasteiger partial charge in [-0.2, -0.15) is 0 Å². The first-order chi connectivity index (χ1) is 13.4. The Kier molecular flexibility index (Phi) is 2.89. The minimum atomic E-state index is 0.0946. The van der Waals surface area contributed by atoms with Crippen LogP contribution in [-0.2, 0) is 10.8 Å². The lowest BCUT2D eigenvalue weighted by Gasteiger charge is -2.33. The molecule has 2 aromatic carbocycles. The molecule has 1 aliphatic carbocycles. The van der Waals surface area contributed by atoms with E-state index < -0.39 is 0 Å². The van der Waals surface area contributed by atoms with Gasteiger partial charge in [-0.3, -0.25) is 0 Å². The van der Waals surface area contributed by atoms with Crippen molar-refractivity contribution in [1.82, 2.24) is 4.98 Å². The zero-order valence-corrected chi connectivity index (χ0v) is 16.7. The van der Waals surface area contributed by atoms with Crippen LogP contribution in [0, 0.1) is 0 Å². The van der Waals surface area contributed by atoms with Crippen molar-refractivity contribution in [3.05, 3.63) is 59.8 Å². The first-order valence-electron chi connectivity index (χ1n) is 9.98. The number of para-hydroxylation sites is 1. The Morgan fingerprint density at radius 2 is 1.57 bits per heavy atom. The average Bonchev–Trinajstić information content (AvgIpc) is 2.84. The van der Waals surface area contributed by atoms with Gasteiger partial charge in [0.25, 0.3) is 6.71 Å². The summed E-state index contributed by atoms with van der Waals surface area (Å²) in [4.78, 5) is 4.54. The van der Waals surface area contributed by atoms with E-state index in [2.05, 4.69) is 56.9 Å². The van der Waals surface area contributed by atoms with Crippen molar-refractivity contribution in [3.63, 3.8) is 0 Å². The van der Waals surface area contributed by atoms with Crippen LogP contribution in [0.2, 0.25) is 0 Å². The first kappa shape index (κ1) is 16.2. The Morgan fingerprint density at radius 3 is 2.39 bits per heavy atom. The molecular weight excluding hydrogens is 345 g/mol. The maximum atomic E-state index is 6.33. The molecule has 0 saturated heterocycles. The van der Waals surface area contributed by atoms with Crippen LogP contribution in [0.15, 0.2) is 48.7 Å². The maximum Gasteiger partial charge on any atom is 0.262 e. The van der Waals surface area contributed by atoms with E-state index in [9.17, 15) is 0 Å². The quantitative estimate of drug-likeness (QED) is 0.391. The van der Waals surface area contributed by atoms with Gasteiger partial charge < -0.3 is 9.47 Å². The Hall–Kier alpha value is -2.75. The third-order valence-corrected chi connectivity index (χ3v) is 6.66. The molecule has 0 spiro atoms. The Bertz CT molecular complexity index is 1170. The van der Waals surface area contributed by atoms with Crippen molar-refractivity contribution in [3.8, 4) is 23.1 Å². The van der Waals surface area contributed by atoms with Crippen molar-refractivity contribution in [1.29, 1.82) is 0 Å². The lowest BCUT2D eigenvalue weighted by atomic mass is 9.35. The van der Waals surface area contributed by atoms with Crippen molar-refractivity contribution in [2.24, 2.45) is 0 Å². The van der Waals surface area contributed by atoms with Crippen LogP contribution in [0.3, 0.4) is 0 Å². The highest BCUT2D eigenvalue weighted by Crippen LogP contribution is 2.50. The van der Waals surface area contributed by atoms with Crippen LogP contribution in [0.4, 0.5) is 0 Å². The molecule has 0 atom stereocenters. The summed E-state index contributed by atoms with van der Waals surface area (Å²) in [5.74, 6) is 3.37. The summed E-state index contributed by atoms with van der Waals surface area (Å²) < 4.78 is 12.5. The second kappa shape index (κ2) is 4.99. The van der Waals surface area contributed by atoms with Crippen molar-refractivity contribution in [2.45, 2.75) is 44.9 Å². The first-order valence-corrected chi connectivity index (χ1v) is 9.98. The molecule has 2 aliphatic heterocycles. The smallest absolute Gasteiger partial charge is 0.262 e. The van der Waals surface area contributed by atoms with Crippen LogP contribution in [-0.4, -0.2) is 11.7 Å². The zero-order chi connectivity index (χ0) is 19.3. The molecule has 0 fully saturated rings. The fourth-order valence-electron chi connectivity index (χ4n) is 5.71. The molecule has 0 unspecified atom stereocenters. The Morgan fingerprint density at radius 1 is 0.821 bits per heavy atom. The van der Waals surface area contributed by atoms with Gasteiger partial charge >= 0.3 is 0 Å². The highest BCUT2D eigenvalue weighted by Gasteiger charge is 2.46. The molecule has 0 bridgehead atoms. The molecule has 138 valence electrons. The second-order valence-electron chi connectivity index (χ2n) is 9.58. The van der Waals surface area contributed by atoms with Gasteiger partial charge in [0.2, 0.25) is 5.88 Å². The predicted octanol–water partition coefficient (Wildman–Crippen LogP) is 3.77. The van der Waals surface area contributed by atoms with Gasteiger partial charge in [0.05, 0.1) is 0 Å². The molecule has 0 amide bonds. The minimum Gasteiger partial charge on any atom is -0.458 e. The number of fused-ring (bicyclic) bond motifs is 5. The highest BCUT2D eigenvalue weighted by molar-refractivity contribution is 6.98. The fourth-order valence-corrected chi connectivity index (χ4v) is 5.71. The van der Waals surface area contributed by atoms with Gasteiger partial charge in [-0.25, -0.2) is 4.98 Å². The second-order valence-corrected chi connectivity index (χ2v) is 9.58. The molecular formula is C24H22BNO2. The van der Waals surface area contributed by atoms with Gasteiger partial charge in [-0.1, -0.05) is 52.0 Å². The molecule has 3 nitrogen and oxygen atoms in total. The van der Waals surface area contributed by atoms with Crippen LogP contribution < -0.4 is 25.9 Å². The number of ether oxygens (including phenoxy) is 2. The van der Waals surface area contributed by atoms with E-state index in [0.717, 1.165) is 29.1 Å². The number of hydrogen-bond acceptors (Lipinski definition) is 3. The number of hydrogen-bond donors (Lipinski definition) is 0. The number of benzene rings is 2. The molecule has 3 aromatic rings.